The molecule has 0 N–H and O–H groups in total. The van der Waals surface area contributed by atoms with E-state index in [1.807, 2.05) is 55.5 Å². The number of carbonyl (C=O) groups excluding carboxylic acids is 1. The monoisotopic (exact) mass is 267 g/mol. The van der Waals surface area contributed by atoms with Crippen LogP contribution < -0.4 is 0 Å². The molecule has 3 heteroatoms. The lowest BCUT2D eigenvalue weighted by atomic mass is 10.0. The van der Waals surface area contributed by atoms with Gasteiger partial charge in [-0.25, -0.2) is 0 Å². The van der Waals surface area contributed by atoms with Crippen molar-refractivity contribution in [1.29, 1.82) is 0 Å². The predicted octanol–water partition coefficient (Wildman–Crippen LogP) is 4.28. The van der Waals surface area contributed by atoms with Crippen molar-refractivity contribution in [3.05, 3.63) is 65.3 Å². The summed E-state index contributed by atoms with van der Waals surface area (Å²) >= 11 is 1.55. The Labute approximate surface area is 115 Å². The van der Waals surface area contributed by atoms with Crippen molar-refractivity contribution < 1.29 is 4.79 Å². The van der Waals surface area contributed by atoms with E-state index >= 15 is 0 Å². The molecule has 0 saturated heterocycles. The van der Waals surface area contributed by atoms with Crippen molar-refractivity contribution >= 4 is 27.2 Å². The van der Waals surface area contributed by atoms with Gasteiger partial charge in [-0.15, -0.1) is 11.3 Å². The van der Waals surface area contributed by atoms with Gasteiger partial charge < -0.3 is 0 Å². The Kier molecular flexibility index (Phi) is 3.13. The Bertz CT molecular complexity index is 685. The molecule has 1 unspecified atom stereocenters. The molecule has 0 aliphatic carbocycles. The van der Waals surface area contributed by atoms with Crippen LogP contribution in [0.2, 0.25) is 0 Å². The highest BCUT2D eigenvalue weighted by atomic mass is 32.1. The standard InChI is InChI=1S/C16H13NOS/c1-11(13-7-4-5-9-17-13)16(18)15-10-12-6-2-3-8-14(12)19-15/h2-11H,1H3. The van der Waals surface area contributed by atoms with Crippen molar-refractivity contribution in [3.63, 3.8) is 0 Å². The van der Waals surface area contributed by atoms with E-state index in [0.717, 1.165) is 20.7 Å². The van der Waals surface area contributed by atoms with Crippen LogP contribution in [0.1, 0.15) is 28.2 Å². The summed E-state index contributed by atoms with van der Waals surface area (Å²) in [4.78, 5) is 17.6. The Hall–Kier alpha value is -2.00. The molecule has 0 amide bonds. The van der Waals surface area contributed by atoms with Gasteiger partial charge in [-0.2, -0.15) is 0 Å². The molecule has 3 rings (SSSR count). The number of nitrogens with zero attached hydrogens (tertiary/aromatic N) is 1. The number of thiophene rings is 1. The number of hydrogen-bond acceptors (Lipinski definition) is 3. The first-order chi connectivity index (χ1) is 9.25. The smallest absolute Gasteiger partial charge is 0.181 e. The molecule has 0 radical (unpaired) electrons. The van der Waals surface area contributed by atoms with Crippen LogP contribution in [0.3, 0.4) is 0 Å². The minimum absolute atomic E-state index is 0.139. The lowest BCUT2D eigenvalue weighted by molar-refractivity contribution is 0.0968. The van der Waals surface area contributed by atoms with Crippen LogP contribution in [0.25, 0.3) is 10.1 Å². The van der Waals surface area contributed by atoms with Gasteiger partial charge in [0.25, 0.3) is 0 Å². The minimum atomic E-state index is -0.200. The first kappa shape index (κ1) is 12.1. The summed E-state index contributed by atoms with van der Waals surface area (Å²) in [6.45, 7) is 1.91. The number of Topliss-reactive ketones (excluding diaryl/α,β-unsaturated/α-hetero) is 1. The molecule has 0 aliphatic heterocycles. The van der Waals surface area contributed by atoms with Crippen molar-refractivity contribution in [2.75, 3.05) is 0 Å². The fourth-order valence-electron chi connectivity index (χ4n) is 2.08. The molecular weight excluding hydrogens is 254 g/mol. The zero-order valence-corrected chi connectivity index (χ0v) is 11.4. The maximum absolute atomic E-state index is 12.5. The number of fused-ring (bicyclic) bond motifs is 1. The van der Waals surface area contributed by atoms with Crippen LogP contribution >= 0.6 is 11.3 Å². The number of rotatable bonds is 3. The molecule has 2 nitrogen and oxygen atoms in total. The van der Waals surface area contributed by atoms with E-state index < -0.39 is 0 Å². The van der Waals surface area contributed by atoms with Crippen molar-refractivity contribution in [2.24, 2.45) is 0 Å². The van der Waals surface area contributed by atoms with Crippen LogP contribution in [0.4, 0.5) is 0 Å². The number of pyridine rings is 1. The van der Waals surface area contributed by atoms with Crippen LogP contribution in [-0.2, 0) is 0 Å². The van der Waals surface area contributed by atoms with Gasteiger partial charge in [-0.1, -0.05) is 24.3 Å². The van der Waals surface area contributed by atoms with Crippen molar-refractivity contribution in [1.82, 2.24) is 4.98 Å². The molecule has 3 aromatic rings. The molecule has 1 atom stereocenters. The van der Waals surface area contributed by atoms with Gasteiger partial charge in [0, 0.05) is 10.9 Å². The first-order valence-electron chi connectivity index (χ1n) is 6.19. The van der Waals surface area contributed by atoms with Crippen LogP contribution in [-0.4, -0.2) is 10.8 Å². The fraction of sp³-hybridized carbons (Fsp3) is 0.125. The fourth-order valence-corrected chi connectivity index (χ4v) is 3.17. The van der Waals surface area contributed by atoms with Gasteiger partial charge in [-0.05, 0) is 36.6 Å². The number of hydrogen-bond donors (Lipinski definition) is 0. The van der Waals surface area contributed by atoms with Crippen molar-refractivity contribution in [2.45, 2.75) is 12.8 Å². The summed E-state index contributed by atoms with van der Waals surface area (Å²) in [6.07, 6.45) is 1.73. The lowest BCUT2D eigenvalue weighted by Gasteiger charge is -2.07. The van der Waals surface area contributed by atoms with Gasteiger partial charge in [0.1, 0.15) is 0 Å². The molecule has 94 valence electrons. The second-order valence-corrected chi connectivity index (χ2v) is 5.57. The summed E-state index contributed by atoms with van der Waals surface area (Å²) in [5.74, 6) is -0.0610. The molecule has 0 aliphatic rings. The number of ketones is 1. The Morgan fingerprint density at radius 3 is 2.68 bits per heavy atom. The number of carbonyl (C=O) groups is 1. The maximum atomic E-state index is 12.5. The van der Waals surface area contributed by atoms with Gasteiger partial charge in [-0.3, -0.25) is 9.78 Å². The van der Waals surface area contributed by atoms with E-state index in [2.05, 4.69) is 4.98 Å². The van der Waals surface area contributed by atoms with Gasteiger partial charge in [0.15, 0.2) is 5.78 Å². The zero-order valence-electron chi connectivity index (χ0n) is 10.5. The highest BCUT2D eigenvalue weighted by Gasteiger charge is 2.20. The summed E-state index contributed by atoms with van der Waals surface area (Å²) in [7, 11) is 0. The average Bonchev–Trinajstić information content (AvgIpc) is 2.90. The van der Waals surface area contributed by atoms with Crippen LogP contribution in [0, 0.1) is 0 Å². The second-order valence-electron chi connectivity index (χ2n) is 4.49. The second kappa shape index (κ2) is 4.94. The highest BCUT2D eigenvalue weighted by Crippen LogP contribution is 2.29. The molecule has 2 heterocycles. The highest BCUT2D eigenvalue weighted by molar-refractivity contribution is 7.20. The third kappa shape index (κ3) is 2.29. The summed E-state index contributed by atoms with van der Waals surface area (Å²) in [5.41, 5.74) is 0.824. The van der Waals surface area contributed by atoms with Gasteiger partial charge in [0.05, 0.1) is 16.5 Å². The molecule has 1 aromatic carbocycles. The molecule has 19 heavy (non-hydrogen) atoms. The largest absolute Gasteiger partial charge is 0.293 e. The zero-order chi connectivity index (χ0) is 13.2. The summed E-state index contributed by atoms with van der Waals surface area (Å²) in [5, 5.41) is 1.13. The molecule has 0 saturated carbocycles. The molecule has 2 aromatic heterocycles. The maximum Gasteiger partial charge on any atom is 0.181 e. The van der Waals surface area contributed by atoms with E-state index in [1.54, 1.807) is 17.5 Å². The number of benzene rings is 1. The van der Waals surface area contributed by atoms with E-state index in [0.29, 0.717) is 0 Å². The Morgan fingerprint density at radius 2 is 1.95 bits per heavy atom. The molecule has 0 fully saturated rings. The van der Waals surface area contributed by atoms with E-state index in [4.69, 9.17) is 0 Å². The normalized spacial score (nSPS) is 12.5. The quantitative estimate of drug-likeness (QED) is 0.663. The predicted molar refractivity (Wildman–Crippen MR) is 78.8 cm³/mol. The van der Waals surface area contributed by atoms with E-state index in [-0.39, 0.29) is 11.7 Å². The molecule has 0 spiro atoms. The third-order valence-corrected chi connectivity index (χ3v) is 4.32. The Morgan fingerprint density at radius 1 is 1.16 bits per heavy atom. The van der Waals surface area contributed by atoms with E-state index in [9.17, 15) is 4.79 Å². The first-order valence-corrected chi connectivity index (χ1v) is 7.01. The Balaban J connectivity index is 1.95. The van der Waals surface area contributed by atoms with Crippen LogP contribution in [0.15, 0.2) is 54.7 Å². The lowest BCUT2D eigenvalue weighted by Crippen LogP contribution is -2.09. The topological polar surface area (TPSA) is 30.0 Å². The molecule has 0 bridgehead atoms. The van der Waals surface area contributed by atoms with Gasteiger partial charge in [0.2, 0.25) is 0 Å². The van der Waals surface area contributed by atoms with E-state index in [1.165, 1.54) is 0 Å². The minimum Gasteiger partial charge on any atom is -0.293 e. The average molecular weight is 267 g/mol. The molecular formula is C16H13NOS. The SMILES string of the molecule is CC(C(=O)c1cc2ccccc2s1)c1ccccn1. The van der Waals surface area contributed by atoms with Crippen molar-refractivity contribution in [3.8, 4) is 0 Å². The summed E-state index contributed by atoms with van der Waals surface area (Å²) in [6, 6.07) is 15.7. The number of aromatic nitrogens is 1. The summed E-state index contributed by atoms with van der Waals surface area (Å²) < 4.78 is 1.15. The van der Waals surface area contributed by atoms with Gasteiger partial charge >= 0.3 is 0 Å². The third-order valence-electron chi connectivity index (χ3n) is 3.19. The van der Waals surface area contributed by atoms with Crippen LogP contribution in [0.5, 0.6) is 0 Å².